The fourth-order valence-electron chi connectivity index (χ4n) is 10.1. The van der Waals surface area contributed by atoms with Crippen molar-refractivity contribution in [2.45, 2.75) is 205 Å². The first-order valence-corrected chi connectivity index (χ1v) is 22.2. The van der Waals surface area contributed by atoms with E-state index in [2.05, 4.69) is 0 Å². The molecule has 0 spiro atoms. The van der Waals surface area contributed by atoms with E-state index in [0.29, 0.717) is 19.0 Å². The van der Waals surface area contributed by atoms with E-state index < -0.39 is 102 Å². The van der Waals surface area contributed by atoms with Gasteiger partial charge in [-0.1, -0.05) is 27.7 Å². The molecule has 5 aliphatic rings. The fraction of sp³-hybridized carbons (Fsp3) is 0.932. The van der Waals surface area contributed by atoms with E-state index in [1.807, 2.05) is 39.6 Å². The van der Waals surface area contributed by atoms with Gasteiger partial charge in [-0.2, -0.15) is 0 Å². The van der Waals surface area contributed by atoms with Gasteiger partial charge < -0.3 is 62.9 Å². The lowest BCUT2D eigenvalue weighted by molar-refractivity contribution is -0.315. The Morgan fingerprint density at radius 1 is 0.917 bits per heavy atom. The van der Waals surface area contributed by atoms with Crippen molar-refractivity contribution in [2.75, 3.05) is 34.4 Å². The van der Waals surface area contributed by atoms with Crippen molar-refractivity contribution >= 4 is 17.8 Å². The highest BCUT2D eigenvalue weighted by molar-refractivity contribution is 5.81. The largest absolute Gasteiger partial charge is 0.459 e. The summed E-state index contributed by atoms with van der Waals surface area (Å²) in [7, 11) is 5.05. The number of likely N-dealkylation sites (N-methyl/N-ethyl adjacent to an activating group) is 1. The van der Waals surface area contributed by atoms with Gasteiger partial charge in [-0.15, -0.1) is 0 Å². The van der Waals surface area contributed by atoms with Crippen LogP contribution in [0.25, 0.3) is 0 Å². The normalized spacial score (nSPS) is 48.3. The smallest absolute Gasteiger partial charge is 0.311 e. The number of hydrogen-bond donors (Lipinski definition) is 3. The van der Waals surface area contributed by atoms with E-state index in [9.17, 15) is 24.9 Å². The van der Waals surface area contributed by atoms with Gasteiger partial charge >= 0.3 is 5.97 Å². The van der Waals surface area contributed by atoms with E-state index in [1.54, 1.807) is 41.7 Å². The average Bonchev–Trinajstić information content (AvgIpc) is 3.85. The maximum Gasteiger partial charge on any atom is 0.311 e. The van der Waals surface area contributed by atoms with Crippen LogP contribution in [-0.2, 0) is 52.2 Å². The highest BCUT2D eigenvalue weighted by Crippen LogP contribution is 2.42. The number of rotatable bonds is 9. The third kappa shape index (κ3) is 10.3. The van der Waals surface area contributed by atoms with E-state index in [1.165, 1.54) is 14.0 Å². The van der Waals surface area contributed by atoms with Crippen molar-refractivity contribution in [1.29, 1.82) is 0 Å². The van der Waals surface area contributed by atoms with Crippen molar-refractivity contribution < 1.29 is 67.5 Å². The Morgan fingerprint density at radius 3 is 2.22 bits per heavy atom. The molecule has 5 heterocycles. The zero-order chi connectivity index (χ0) is 44.5. The molecule has 0 aliphatic carbocycles. The Hall–Kier alpha value is -1.99. The number of methoxy groups -OCH3 is 2. The number of aliphatic hydroxyl groups is 3. The van der Waals surface area contributed by atoms with Crippen LogP contribution in [0.2, 0.25) is 0 Å². The van der Waals surface area contributed by atoms with Crippen LogP contribution in [0.3, 0.4) is 0 Å². The maximum absolute atomic E-state index is 14.4. The number of Topliss-reactive ketones (excluding diaryl/α,β-unsaturated/α-hetero) is 1. The van der Waals surface area contributed by atoms with Gasteiger partial charge in [0.25, 0.3) is 6.02 Å². The Balaban J connectivity index is 1.59. The van der Waals surface area contributed by atoms with Crippen LogP contribution >= 0.6 is 0 Å². The third-order valence-corrected chi connectivity index (χ3v) is 14.3. The molecule has 346 valence electrons. The fourth-order valence-corrected chi connectivity index (χ4v) is 10.1. The average molecular weight is 857 g/mol. The number of ketones is 1. The van der Waals surface area contributed by atoms with Crippen LogP contribution in [-0.4, -0.2) is 163 Å². The van der Waals surface area contributed by atoms with E-state index in [0.717, 1.165) is 19.4 Å². The molecule has 0 aromatic heterocycles. The summed E-state index contributed by atoms with van der Waals surface area (Å²) in [5.74, 6) is -3.75. The Kier molecular flexibility index (Phi) is 16.2. The van der Waals surface area contributed by atoms with Crippen molar-refractivity contribution in [3.8, 4) is 0 Å². The van der Waals surface area contributed by atoms with Gasteiger partial charge in [-0.3, -0.25) is 9.59 Å². The molecule has 0 radical (unpaired) electrons. The number of cyclic esters (lactones) is 1. The van der Waals surface area contributed by atoms with Crippen LogP contribution in [0, 0.1) is 23.7 Å². The van der Waals surface area contributed by atoms with Crippen LogP contribution in [0.1, 0.15) is 114 Å². The SMILES string of the molecule is CC[C@H]1OC(=O)[C@H](C)[C@@H](O[C@H]2C[C@@](C)(OC)[C@@H](O)[C@H](C)O2)[C@H](C)[C@@H](O[C@@H]2O[C@H](C)C[C@H]3[C@H]2OC(=NCC2CCCO2)N3C)[C@](C)(OC)C[C@@H](C)C(=O)C[C@H](C)[C@@H](O)[C@]1(C)O. The molecule has 16 nitrogen and oxygen atoms in total. The second-order valence-electron chi connectivity index (χ2n) is 19.1. The molecule has 5 rings (SSSR count). The predicted octanol–water partition coefficient (Wildman–Crippen LogP) is 3.77. The second kappa shape index (κ2) is 19.8. The highest BCUT2D eigenvalue weighted by atomic mass is 16.7. The molecule has 5 fully saturated rings. The molecular formula is C44H76N2O14. The van der Waals surface area contributed by atoms with Crippen LogP contribution in [0.15, 0.2) is 4.99 Å². The standard InChI is InChI=1S/C44H76N2O14/c1-14-32-44(10,51)36(48)23(2)18-31(47)24(3)20-43(9,53-13)38(26(5)34(27(6)39(50)57-32)58-33-21-42(8,52-12)37(49)28(7)56-33)60-40-35-30(19-25(4)55-40)46(11)41(59-35)45-22-29-16-15-17-54-29/h23-30,32-38,40,48-49,51H,14-22H2,1-13H3/t23-,24+,25+,26-,27+,28-,29?,30-,32+,33-,34-,35+,36+,37-,38+,40-,42+,43+,44+/m0/s1. The number of amidine groups is 1. The van der Waals surface area contributed by atoms with Crippen molar-refractivity contribution in [3.63, 3.8) is 0 Å². The van der Waals surface area contributed by atoms with Gasteiger partial charge in [-0.25, -0.2) is 4.99 Å². The first-order valence-electron chi connectivity index (χ1n) is 22.2. The number of esters is 1. The number of aliphatic hydroxyl groups excluding tert-OH is 2. The molecular weight excluding hydrogens is 780 g/mol. The second-order valence-corrected chi connectivity index (χ2v) is 19.1. The molecule has 5 saturated heterocycles. The predicted molar refractivity (Wildman–Crippen MR) is 220 cm³/mol. The number of ether oxygens (including phenoxy) is 9. The molecule has 19 atom stereocenters. The van der Waals surface area contributed by atoms with Gasteiger partial charge in [0.05, 0.1) is 66.3 Å². The number of nitrogens with zero attached hydrogens (tertiary/aromatic N) is 2. The summed E-state index contributed by atoms with van der Waals surface area (Å²) < 4.78 is 57.6. The van der Waals surface area contributed by atoms with Crippen LogP contribution in [0.4, 0.5) is 0 Å². The van der Waals surface area contributed by atoms with E-state index in [4.69, 9.17) is 47.6 Å². The molecule has 16 heteroatoms. The lowest BCUT2D eigenvalue weighted by Crippen LogP contribution is -2.60. The molecule has 0 saturated carbocycles. The number of carbonyl (C=O) groups excluding carboxylic acids is 2. The summed E-state index contributed by atoms with van der Waals surface area (Å²) in [6.45, 7) is 18.9. The number of carbonyl (C=O) groups is 2. The lowest BCUT2D eigenvalue weighted by atomic mass is 9.76. The summed E-state index contributed by atoms with van der Waals surface area (Å²) in [6, 6.07) is 0.356. The maximum atomic E-state index is 14.4. The van der Waals surface area contributed by atoms with E-state index >= 15 is 0 Å². The zero-order valence-electron chi connectivity index (χ0n) is 38.3. The topological polar surface area (TPSA) is 194 Å². The highest BCUT2D eigenvalue weighted by Gasteiger charge is 2.55. The summed E-state index contributed by atoms with van der Waals surface area (Å²) in [4.78, 5) is 35.3. The first-order chi connectivity index (χ1) is 28.1. The molecule has 0 aromatic rings. The minimum absolute atomic E-state index is 0.0333. The molecule has 0 bridgehead atoms. The number of fused-ring (bicyclic) bond motifs is 1. The summed E-state index contributed by atoms with van der Waals surface area (Å²) in [5.41, 5.74) is -4.11. The summed E-state index contributed by atoms with van der Waals surface area (Å²) >= 11 is 0. The summed E-state index contributed by atoms with van der Waals surface area (Å²) in [6.07, 6.45) is -5.59. The third-order valence-electron chi connectivity index (χ3n) is 14.3. The molecule has 60 heavy (non-hydrogen) atoms. The minimum atomic E-state index is -1.88. The number of hydrogen-bond acceptors (Lipinski definition) is 15. The minimum Gasteiger partial charge on any atom is -0.459 e. The van der Waals surface area contributed by atoms with Gasteiger partial charge in [0.15, 0.2) is 18.7 Å². The quantitative estimate of drug-likeness (QED) is 0.284. The molecule has 3 N–H and O–H groups in total. The summed E-state index contributed by atoms with van der Waals surface area (Å²) in [5, 5.41) is 34.3. The molecule has 5 aliphatic heterocycles. The van der Waals surface area contributed by atoms with Crippen LogP contribution in [0.5, 0.6) is 0 Å². The Morgan fingerprint density at radius 2 is 1.60 bits per heavy atom. The van der Waals surface area contributed by atoms with Gasteiger partial charge in [-0.05, 0) is 79.6 Å². The molecule has 1 unspecified atom stereocenters. The van der Waals surface area contributed by atoms with Gasteiger partial charge in [0.1, 0.15) is 23.6 Å². The zero-order valence-corrected chi connectivity index (χ0v) is 38.3. The molecule has 0 aromatic carbocycles. The molecule has 0 amide bonds. The Labute approximate surface area is 357 Å². The van der Waals surface area contributed by atoms with Gasteiger partial charge in [0, 0.05) is 52.6 Å². The van der Waals surface area contributed by atoms with Gasteiger partial charge in [0.2, 0.25) is 0 Å². The first kappa shape index (κ1) is 49.0. The lowest BCUT2D eigenvalue weighted by Gasteiger charge is -2.49. The van der Waals surface area contributed by atoms with E-state index in [-0.39, 0.29) is 49.7 Å². The Bertz CT molecular complexity index is 1480. The van der Waals surface area contributed by atoms with Crippen LogP contribution < -0.4 is 0 Å². The van der Waals surface area contributed by atoms with Crippen molar-refractivity contribution in [2.24, 2.45) is 28.7 Å². The van der Waals surface area contributed by atoms with Crippen molar-refractivity contribution in [3.05, 3.63) is 0 Å². The monoisotopic (exact) mass is 857 g/mol. The number of aliphatic imine (C=N–C) groups is 1. The van der Waals surface area contributed by atoms with Crippen molar-refractivity contribution in [1.82, 2.24) is 4.90 Å².